The Kier molecular flexibility index (Phi) is 7.01. The van der Waals surface area contributed by atoms with E-state index in [1.807, 2.05) is 27.7 Å². The second-order valence-corrected chi connectivity index (χ2v) is 9.84. The van der Waals surface area contributed by atoms with E-state index in [-0.39, 0.29) is 30.9 Å². The number of hydrogen-bond acceptors (Lipinski definition) is 6. The van der Waals surface area contributed by atoms with Crippen molar-refractivity contribution < 1.29 is 29.0 Å². The smallest absolute Gasteiger partial charge is 0.312 e. The molecule has 8 heteroatoms. The minimum atomic E-state index is -1.07. The molecule has 176 valence electrons. The lowest BCUT2D eigenvalue weighted by Gasteiger charge is -2.37. The molecule has 2 unspecified atom stereocenters. The number of aliphatic hydroxyl groups excluding tert-OH is 1. The Morgan fingerprint density at radius 2 is 2.03 bits per heavy atom. The minimum Gasteiger partial charge on any atom is -0.466 e. The highest BCUT2D eigenvalue weighted by Crippen LogP contribution is 2.63. The highest BCUT2D eigenvalue weighted by molar-refractivity contribution is 5.98. The summed E-state index contributed by atoms with van der Waals surface area (Å²) in [7, 11) is 0. The van der Waals surface area contributed by atoms with Gasteiger partial charge in [0.1, 0.15) is 17.6 Å². The first-order valence-electron chi connectivity index (χ1n) is 11.7. The molecule has 0 aromatic carbocycles. The summed E-state index contributed by atoms with van der Waals surface area (Å²) in [4.78, 5) is 41.7. The summed E-state index contributed by atoms with van der Waals surface area (Å²) in [6.07, 6.45) is 3.44. The van der Waals surface area contributed by atoms with Crippen molar-refractivity contribution in [1.29, 1.82) is 0 Å². The summed E-state index contributed by atoms with van der Waals surface area (Å²) in [5.41, 5.74) is -1.89. The van der Waals surface area contributed by atoms with Crippen LogP contribution in [0.5, 0.6) is 0 Å². The Labute approximate surface area is 185 Å². The summed E-state index contributed by atoms with van der Waals surface area (Å²) in [5, 5.41) is 13.1. The van der Waals surface area contributed by atoms with Gasteiger partial charge in [-0.05, 0) is 45.4 Å². The minimum absolute atomic E-state index is 0.219. The van der Waals surface area contributed by atoms with E-state index >= 15 is 0 Å². The Balaban J connectivity index is 2.03. The molecule has 3 rings (SSSR count). The number of fused-ring (bicyclic) bond motifs is 1. The van der Waals surface area contributed by atoms with Crippen LogP contribution >= 0.6 is 0 Å². The molecule has 0 radical (unpaired) electrons. The first kappa shape index (κ1) is 24.0. The van der Waals surface area contributed by atoms with Crippen LogP contribution in [0.1, 0.15) is 66.7 Å². The summed E-state index contributed by atoms with van der Waals surface area (Å²) in [5.74, 6) is -2.28. The molecule has 6 atom stereocenters. The van der Waals surface area contributed by atoms with Crippen LogP contribution in [0.2, 0.25) is 0 Å². The summed E-state index contributed by atoms with van der Waals surface area (Å²) < 4.78 is 11.8. The third-order valence-corrected chi connectivity index (χ3v) is 7.18. The lowest BCUT2D eigenvalue weighted by atomic mass is 9.66. The van der Waals surface area contributed by atoms with Gasteiger partial charge in [0.2, 0.25) is 11.8 Å². The first-order valence-corrected chi connectivity index (χ1v) is 11.7. The molecular weight excluding hydrogens is 400 g/mol. The zero-order valence-electron chi connectivity index (χ0n) is 19.5. The van der Waals surface area contributed by atoms with Crippen LogP contribution in [0.25, 0.3) is 0 Å². The van der Waals surface area contributed by atoms with Crippen molar-refractivity contribution in [3.63, 3.8) is 0 Å². The van der Waals surface area contributed by atoms with Crippen molar-refractivity contribution >= 4 is 17.8 Å². The fraction of sp³-hybridized carbons (Fsp3) is 0.870. The SMILES string of the molecule is CCCCNC(=O)C1N([C@@H](CO)CC(C)C)C(=O)[C@@H]2[C@H](C(=O)OCC)[C@]3(C)CCC12O3. The second-order valence-electron chi connectivity index (χ2n) is 9.84. The molecule has 8 nitrogen and oxygen atoms in total. The van der Waals surface area contributed by atoms with Crippen molar-refractivity contribution in [3.8, 4) is 0 Å². The van der Waals surface area contributed by atoms with E-state index in [2.05, 4.69) is 5.32 Å². The van der Waals surface area contributed by atoms with E-state index in [1.165, 1.54) is 4.90 Å². The standard InChI is InChI=1S/C23H38N2O6/c1-6-8-11-24-19(27)18-23-10-9-22(5,31-23)17(21(29)30-7-2)16(23)20(28)25(18)15(13-26)12-14(3)4/h14-18,26H,6-13H2,1-5H3,(H,24,27)/t15-,16+,17-,18?,22+,23?/m1/s1. The second kappa shape index (κ2) is 9.06. The van der Waals surface area contributed by atoms with E-state index in [9.17, 15) is 19.5 Å². The van der Waals surface area contributed by atoms with Gasteiger partial charge in [-0.15, -0.1) is 0 Å². The Morgan fingerprint density at radius 1 is 1.32 bits per heavy atom. The van der Waals surface area contributed by atoms with Gasteiger partial charge in [0.25, 0.3) is 0 Å². The van der Waals surface area contributed by atoms with Crippen LogP contribution < -0.4 is 5.32 Å². The lowest BCUT2D eigenvalue weighted by Crippen LogP contribution is -2.58. The van der Waals surface area contributed by atoms with Gasteiger partial charge in [-0.3, -0.25) is 14.4 Å². The van der Waals surface area contributed by atoms with Crippen LogP contribution in [0.15, 0.2) is 0 Å². The Morgan fingerprint density at radius 3 is 2.61 bits per heavy atom. The fourth-order valence-electron chi connectivity index (χ4n) is 5.95. The van der Waals surface area contributed by atoms with Gasteiger partial charge in [-0.2, -0.15) is 0 Å². The third kappa shape index (κ3) is 3.86. The number of carbonyl (C=O) groups is 3. The van der Waals surface area contributed by atoms with Crippen LogP contribution in [-0.4, -0.2) is 70.8 Å². The predicted octanol–water partition coefficient (Wildman–Crippen LogP) is 1.64. The van der Waals surface area contributed by atoms with E-state index in [4.69, 9.17) is 9.47 Å². The topological polar surface area (TPSA) is 105 Å². The van der Waals surface area contributed by atoms with E-state index < -0.39 is 41.1 Å². The van der Waals surface area contributed by atoms with Crippen LogP contribution in [0.3, 0.4) is 0 Å². The predicted molar refractivity (Wildman–Crippen MR) is 114 cm³/mol. The molecule has 0 saturated carbocycles. The Bertz CT molecular complexity index is 712. The number of nitrogens with one attached hydrogen (secondary N) is 1. The van der Waals surface area contributed by atoms with Crippen molar-refractivity contribution in [2.75, 3.05) is 19.8 Å². The number of likely N-dealkylation sites (tertiary alicyclic amines) is 1. The normalized spacial score (nSPS) is 34.9. The fourth-order valence-corrected chi connectivity index (χ4v) is 5.95. The van der Waals surface area contributed by atoms with Crippen LogP contribution in [-0.2, 0) is 23.9 Å². The number of hydrogen-bond donors (Lipinski definition) is 2. The number of ether oxygens (including phenoxy) is 2. The summed E-state index contributed by atoms with van der Waals surface area (Å²) >= 11 is 0. The Hall–Kier alpha value is -1.67. The monoisotopic (exact) mass is 438 g/mol. The summed E-state index contributed by atoms with van der Waals surface area (Å²) in [6, 6.07) is -1.37. The molecule has 3 saturated heterocycles. The maximum absolute atomic E-state index is 13.8. The maximum Gasteiger partial charge on any atom is 0.312 e. The van der Waals surface area contributed by atoms with E-state index in [1.54, 1.807) is 6.92 Å². The highest BCUT2D eigenvalue weighted by Gasteiger charge is 2.78. The highest BCUT2D eigenvalue weighted by atomic mass is 16.6. The molecule has 3 aliphatic rings. The number of esters is 1. The van der Waals surface area contributed by atoms with Gasteiger partial charge < -0.3 is 24.8 Å². The average Bonchev–Trinajstić information content (AvgIpc) is 3.27. The molecule has 1 spiro atoms. The first-order chi connectivity index (χ1) is 14.7. The molecule has 2 N–H and O–H groups in total. The quantitative estimate of drug-likeness (QED) is 0.397. The van der Waals surface area contributed by atoms with Gasteiger partial charge in [0.15, 0.2) is 0 Å². The van der Waals surface area contributed by atoms with Gasteiger partial charge in [0, 0.05) is 6.54 Å². The molecule has 3 heterocycles. The number of aliphatic hydroxyl groups is 1. The molecule has 2 bridgehead atoms. The lowest BCUT2D eigenvalue weighted by molar-refractivity contribution is -0.160. The molecule has 3 aliphatic heterocycles. The number of carbonyl (C=O) groups excluding carboxylic acids is 3. The van der Waals surface area contributed by atoms with Gasteiger partial charge >= 0.3 is 5.97 Å². The molecule has 0 aromatic heterocycles. The van der Waals surface area contributed by atoms with Gasteiger partial charge in [0.05, 0.1) is 30.8 Å². The van der Waals surface area contributed by atoms with Crippen molar-refractivity contribution in [1.82, 2.24) is 10.2 Å². The zero-order valence-corrected chi connectivity index (χ0v) is 19.5. The molecule has 3 fully saturated rings. The zero-order chi connectivity index (χ0) is 23.0. The van der Waals surface area contributed by atoms with Crippen molar-refractivity contribution in [2.45, 2.75) is 90.0 Å². The van der Waals surface area contributed by atoms with E-state index in [0.29, 0.717) is 25.8 Å². The molecule has 0 aliphatic carbocycles. The van der Waals surface area contributed by atoms with Crippen molar-refractivity contribution in [2.24, 2.45) is 17.8 Å². The average molecular weight is 439 g/mol. The van der Waals surface area contributed by atoms with Crippen LogP contribution in [0.4, 0.5) is 0 Å². The number of nitrogens with zero attached hydrogens (tertiary/aromatic N) is 1. The molecule has 0 aromatic rings. The maximum atomic E-state index is 13.8. The molecular formula is C23H38N2O6. The van der Waals surface area contributed by atoms with Gasteiger partial charge in [-0.25, -0.2) is 0 Å². The summed E-state index contributed by atoms with van der Waals surface area (Å²) in [6.45, 7) is 10.2. The van der Waals surface area contributed by atoms with Crippen molar-refractivity contribution in [3.05, 3.63) is 0 Å². The van der Waals surface area contributed by atoms with Crippen LogP contribution in [0, 0.1) is 17.8 Å². The number of unbranched alkanes of at least 4 members (excludes halogenated alkanes) is 1. The number of amides is 2. The third-order valence-electron chi connectivity index (χ3n) is 7.18. The largest absolute Gasteiger partial charge is 0.466 e. The van der Waals surface area contributed by atoms with Gasteiger partial charge in [-0.1, -0.05) is 27.2 Å². The molecule has 31 heavy (non-hydrogen) atoms. The number of rotatable bonds is 10. The molecule has 2 amide bonds. The van der Waals surface area contributed by atoms with E-state index in [0.717, 1.165) is 12.8 Å².